The highest BCUT2D eigenvalue weighted by atomic mass is 32.2. The maximum atomic E-state index is 12.4. The van der Waals surface area contributed by atoms with Crippen LogP contribution in [0.3, 0.4) is 0 Å². The lowest BCUT2D eigenvalue weighted by Crippen LogP contribution is -2.62. The smallest absolute Gasteiger partial charge is 0.324 e. The van der Waals surface area contributed by atoms with Gasteiger partial charge in [0.2, 0.25) is 0 Å². The molecule has 0 N–H and O–H groups in total. The topological polar surface area (TPSA) is 63.7 Å². The number of benzene rings is 2. The van der Waals surface area contributed by atoms with Crippen molar-refractivity contribution < 1.29 is 17.9 Å². The van der Waals surface area contributed by atoms with E-state index in [0.29, 0.717) is 6.54 Å². The normalized spacial score (nSPS) is 21.1. The van der Waals surface area contributed by atoms with Crippen molar-refractivity contribution in [2.45, 2.75) is 31.2 Å². The Kier molecular flexibility index (Phi) is 6.20. The molecule has 0 saturated carbocycles. The molecule has 2 aromatic rings. The van der Waals surface area contributed by atoms with Crippen molar-refractivity contribution >= 4 is 15.8 Å². The number of sulfone groups is 1. The van der Waals surface area contributed by atoms with Crippen LogP contribution in [0, 0.1) is 5.92 Å². The lowest BCUT2D eigenvalue weighted by molar-refractivity contribution is -0.146. The van der Waals surface area contributed by atoms with Gasteiger partial charge >= 0.3 is 5.97 Å². The van der Waals surface area contributed by atoms with Crippen LogP contribution in [0.1, 0.15) is 31.0 Å². The molecule has 5 nitrogen and oxygen atoms in total. The van der Waals surface area contributed by atoms with Gasteiger partial charge in [-0.15, -0.1) is 0 Å². The quantitative estimate of drug-likeness (QED) is 0.667. The van der Waals surface area contributed by atoms with Crippen LogP contribution >= 0.6 is 0 Å². The van der Waals surface area contributed by atoms with Crippen LogP contribution in [-0.4, -0.2) is 50.0 Å². The van der Waals surface area contributed by atoms with E-state index < -0.39 is 21.1 Å². The highest BCUT2D eigenvalue weighted by Crippen LogP contribution is 2.41. The third-order valence-corrected chi connectivity index (χ3v) is 6.96. The highest BCUT2D eigenvalue weighted by molar-refractivity contribution is 7.92. The van der Waals surface area contributed by atoms with Crippen molar-refractivity contribution in [2.24, 2.45) is 5.92 Å². The summed E-state index contributed by atoms with van der Waals surface area (Å²) in [7, 11) is -3.56. The third-order valence-electron chi connectivity index (χ3n) is 5.50. The van der Waals surface area contributed by atoms with E-state index in [1.807, 2.05) is 43.3 Å². The molecule has 0 amide bonds. The Balaban J connectivity index is 1.90. The van der Waals surface area contributed by atoms with Crippen molar-refractivity contribution in [3.8, 4) is 0 Å². The van der Waals surface area contributed by atoms with Gasteiger partial charge in [0.05, 0.1) is 12.6 Å². The number of esters is 1. The van der Waals surface area contributed by atoms with Crippen LogP contribution in [0.2, 0.25) is 0 Å². The Morgan fingerprint density at radius 1 is 1.07 bits per heavy atom. The van der Waals surface area contributed by atoms with Gasteiger partial charge < -0.3 is 4.74 Å². The van der Waals surface area contributed by atoms with Gasteiger partial charge in [-0.25, -0.2) is 8.42 Å². The molecule has 2 aromatic carbocycles. The number of nitrogens with zero attached hydrogens (tertiary/aromatic N) is 1. The fourth-order valence-corrected chi connectivity index (χ4v) is 5.46. The molecule has 1 saturated heterocycles. The molecule has 28 heavy (non-hydrogen) atoms. The van der Waals surface area contributed by atoms with Gasteiger partial charge in [-0.1, -0.05) is 60.7 Å². The van der Waals surface area contributed by atoms with E-state index in [9.17, 15) is 13.2 Å². The summed E-state index contributed by atoms with van der Waals surface area (Å²) in [5, 5.41) is -1.12. The molecule has 1 fully saturated rings. The summed E-state index contributed by atoms with van der Waals surface area (Å²) in [6, 6.07) is 20.2. The molecule has 6 heteroatoms. The van der Waals surface area contributed by atoms with E-state index in [-0.39, 0.29) is 24.6 Å². The number of rotatable bonds is 7. The molecule has 0 bridgehead atoms. The Morgan fingerprint density at radius 3 is 1.96 bits per heavy atom. The Morgan fingerprint density at radius 2 is 1.57 bits per heavy atom. The van der Waals surface area contributed by atoms with Gasteiger partial charge in [-0.05, 0) is 25.0 Å². The first kappa shape index (κ1) is 20.6. The maximum Gasteiger partial charge on any atom is 0.324 e. The zero-order valence-electron chi connectivity index (χ0n) is 16.5. The van der Waals surface area contributed by atoms with Gasteiger partial charge in [0.15, 0.2) is 15.1 Å². The van der Waals surface area contributed by atoms with E-state index in [0.717, 1.165) is 17.4 Å². The largest absolute Gasteiger partial charge is 0.465 e. The van der Waals surface area contributed by atoms with Crippen molar-refractivity contribution in [1.29, 1.82) is 0 Å². The minimum atomic E-state index is -3.56. The SMILES string of the molecule is CCOC(=O)C([C@H]1CN(C(c2ccccc2)c2ccccc2)[C@@H]1C)S(C)(=O)=O. The van der Waals surface area contributed by atoms with Gasteiger partial charge in [0, 0.05) is 24.8 Å². The van der Waals surface area contributed by atoms with E-state index >= 15 is 0 Å². The second-order valence-electron chi connectivity index (χ2n) is 7.33. The molecule has 1 heterocycles. The second kappa shape index (κ2) is 8.45. The lowest BCUT2D eigenvalue weighted by atomic mass is 9.82. The van der Waals surface area contributed by atoms with Crippen LogP contribution in [0.15, 0.2) is 60.7 Å². The molecule has 1 unspecified atom stereocenters. The molecule has 1 aliphatic rings. The van der Waals surface area contributed by atoms with Gasteiger partial charge in [0.25, 0.3) is 0 Å². The Hall–Kier alpha value is -2.18. The monoisotopic (exact) mass is 401 g/mol. The number of carbonyl (C=O) groups is 1. The van der Waals surface area contributed by atoms with Gasteiger partial charge in [-0.2, -0.15) is 0 Å². The Bertz CT molecular complexity index is 859. The standard InChI is InChI=1S/C22H27NO4S/c1-4-27-22(24)21(28(3,25)26)19-15-23(16(19)2)20(17-11-7-5-8-12-17)18-13-9-6-10-14-18/h5-14,16,19-21H,4,15H2,1-3H3/t16-,19+,21?/m1/s1. The number of ether oxygens (including phenoxy) is 1. The maximum absolute atomic E-state index is 12.4. The fourth-order valence-electron chi connectivity index (χ4n) is 4.10. The zero-order valence-corrected chi connectivity index (χ0v) is 17.3. The molecule has 1 aliphatic heterocycles. The lowest BCUT2D eigenvalue weighted by Gasteiger charge is -2.52. The molecule has 0 radical (unpaired) electrons. The average Bonchev–Trinajstić information content (AvgIpc) is 2.67. The molecular formula is C22H27NO4S. The highest BCUT2D eigenvalue weighted by Gasteiger charge is 2.51. The number of hydrogen-bond donors (Lipinski definition) is 0. The second-order valence-corrected chi connectivity index (χ2v) is 9.49. The first-order valence-electron chi connectivity index (χ1n) is 9.55. The number of hydrogen-bond acceptors (Lipinski definition) is 5. The molecule has 0 aromatic heterocycles. The van der Waals surface area contributed by atoms with Gasteiger partial charge in [-0.3, -0.25) is 9.69 Å². The van der Waals surface area contributed by atoms with Crippen LogP contribution in [0.5, 0.6) is 0 Å². The molecule has 0 aliphatic carbocycles. The summed E-state index contributed by atoms with van der Waals surface area (Å²) in [6.45, 7) is 4.37. The molecule has 3 atom stereocenters. The first-order chi connectivity index (χ1) is 13.3. The molecule has 0 spiro atoms. The van der Waals surface area contributed by atoms with Crippen LogP contribution in [-0.2, 0) is 19.4 Å². The summed E-state index contributed by atoms with van der Waals surface area (Å²) in [5.41, 5.74) is 2.29. The van der Waals surface area contributed by atoms with E-state index in [4.69, 9.17) is 4.74 Å². The summed E-state index contributed by atoms with van der Waals surface area (Å²) in [6.07, 6.45) is 1.12. The minimum absolute atomic E-state index is 0.0102. The van der Waals surface area contributed by atoms with Crippen LogP contribution in [0.4, 0.5) is 0 Å². The predicted molar refractivity (Wildman–Crippen MR) is 110 cm³/mol. The third kappa shape index (κ3) is 4.13. The van der Waals surface area contributed by atoms with Crippen LogP contribution < -0.4 is 0 Å². The first-order valence-corrected chi connectivity index (χ1v) is 11.5. The van der Waals surface area contributed by atoms with Crippen molar-refractivity contribution in [2.75, 3.05) is 19.4 Å². The summed E-state index contributed by atoms with van der Waals surface area (Å²) in [4.78, 5) is 14.6. The van der Waals surface area contributed by atoms with Crippen molar-refractivity contribution in [3.63, 3.8) is 0 Å². The summed E-state index contributed by atoms with van der Waals surface area (Å²) >= 11 is 0. The van der Waals surface area contributed by atoms with E-state index in [2.05, 4.69) is 29.2 Å². The average molecular weight is 402 g/mol. The van der Waals surface area contributed by atoms with Crippen LogP contribution in [0.25, 0.3) is 0 Å². The summed E-state index contributed by atoms with van der Waals surface area (Å²) < 4.78 is 29.7. The molecule has 150 valence electrons. The molecule has 3 rings (SSSR count). The number of carbonyl (C=O) groups excluding carboxylic acids is 1. The van der Waals surface area contributed by atoms with Crippen molar-refractivity contribution in [1.82, 2.24) is 4.90 Å². The number of likely N-dealkylation sites (tertiary alicyclic amines) is 1. The molecular weight excluding hydrogens is 374 g/mol. The predicted octanol–water partition coefficient (Wildman–Crippen LogP) is 3.07. The zero-order chi connectivity index (χ0) is 20.3. The fraction of sp³-hybridized carbons (Fsp3) is 0.409. The van der Waals surface area contributed by atoms with Crippen molar-refractivity contribution in [3.05, 3.63) is 71.8 Å². The van der Waals surface area contributed by atoms with Gasteiger partial charge in [0.1, 0.15) is 0 Å². The van der Waals surface area contributed by atoms with E-state index in [1.54, 1.807) is 6.92 Å². The minimum Gasteiger partial charge on any atom is -0.465 e. The Labute approximate surface area is 167 Å². The summed E-state index contributed by atoms with van der Waals surface area (Å²) in [5.74, 6) is -0.929. The van der Waals surface area contributed by atoms with E-state index in [1.165, 1.54) is 0 Å².